The van der Waals surface area contributed by atoms with Crippen molar-refractivity contribution >= 4 is 34.9 Å². The smallest absolute Gasteiger partial charge is 0.313 e. The number of carbonyl (C=O) groups is 2. The maximum Gasteiger partial charge on any atom is 0.313 e. The summed E-state index contributed by atoms with van der Waals surface area (Å²) in [5.41, 5.74) is 1.07. The topological polar surface area (TPSA) is 87.5 Å². The Labute approximate surface area is 123 Å². The van der Waals surface area contributed by atoms with Gasteiger partial charge in [-0.15, -0.1) is 11.3 Å². The summed E-state index contributed by atoms with van der Waals surface area (Å²) in [6.07, 6.45) is -0.487. The van der Waals surface area contributed by atoms with E-state index >= 15 is 0 Å². The van der Waals surface area contributed by atoms with Crippen LogP contribution in [0.4, 0.5) is 0 Å². The summed E-state index contributed by atoms with van der Waals surface area (Å²) in [5.74, 6) is -3.50. The summed E-state index contributed by atoms with van der Waals surface area (Å²) < 4.78 is 0. The highest BCUT2D eigenvalue weighted by molar-refractivity contribution is 7.13. The molecule has 20 heavy (non-hydrogen) atoms. The molecule has 0 aliphatic carbocycles. The Balaban J connectivity index is 2.29. The third-order valence-electron chi connectivity index (χ3n) is 2.65. The second kappa shape index (κ2) is 6.02. The van der Waals surface area contributed by atoms with Crippen LogP contribution in [0.15, 0.2) is 29.6 Å². The van der Waals surface area contributed by atoms with Gasteiger partial charge in [-0.25, -0.2) is 4.98 Å². The third kappa shape index (κ3) is 3.34. The Morgan fingerprint density at radius 3 is 2.45 bits per heavy atom. The minimum absolute atomic E-state index is 0.259. The molecule has 2 rings (SSSR count). The van der Waals surface area contributed by atoms with Crippen molar-refractivity contribution < 1.29 is 19.8 Å². The molecule has 1 aromatic carbocycles. The number of thiazole rings is 1. The highest BCUT2D eigenvalue weighted by Gasteiger charge is 2.25. The molecule has 1 atom stereocenters. The van der Waals surface area contributed by atoms with Crippen LogP contribution in [0, 0.1) is 0 Å². The van der Waals surface area contributed by atoms with E-state index in [4.69, 9.17) is 21.8 Å². The van der Waals surface area contributed by atoms with Crippen molar-refractivity contribution in [1.29, 1.82) is 0 Å². The maximum absolute atomic E-state index is 11.1. The first-order chi connectivity index (χ1) is 9.47. The van der Waals surface area contributed by atoms with E-state index in [2.05, 4.69) is 4.98 Å². The van der Waals surface area contributed by atoms with E-state index in [1.54, 1.807) is 29.6 Å². The average molecular weight is 312 g/mol. The molecule has 1 heterocycles. The first-order valence-corrected chi connectivity index (χ1v) is 6.89. The van der Waals surface area contributed by atoms with Crippen LogP contribution >= 0.6 is 22.9 Å². The Kier molecular flexibility index (Phi) is 4.36. The predicted molar refractivity (Wildman–Crippen MR) is 75.2 cm³/mol. The van der Waals surface area contributed by atoms with Crippen LogP contribution in [0.2, 0.25) is 5.02 Å². The normalized spacial score (nSPS) is 12.1. The fraction of sp³-hybridized carbons (Fsp3) is 0.154. The van der Waals surface area contributed by atoms with Crippen molar-refractivity contribution in [2.45, 2.75) is 12.3 Å². The molecule has 0 fully saturated rings. The van der Waals surface area contributed by atoms with Crippen LogP contribution in [-0.2, 0) is 9.59 Å². The molecule has 0 aliphatic heterocycles. The zero-order valence-corrected chi connectivity index (χ0v) is 11.7. The van der Waals surface area contributed by atoms with E-state index in [1.807, 2.05) is 0 Å². The molecule has 104 valence electrons. The molecule has 2 aromatic rings. The Morgan fingerprint density at radius 1 is 1.25 bits per heavy atom. The van der Waals surface area contributed by atoms with Crippen molar-refractivity contribution in [2.75, 3.05) is 0 Å². The number of aromatic nitrogens is 1. The molecular formula is C13H10ClNO4S. The van der Waals surface area contributed by atoms with Gasteiger partial charge in [0.05, 0.1) is 12.1 Å². The van der Waals surface area contributed by atoms with Crippen LogP contribution in [0.25, 0.3) is 10.6 Å². The molecule has 0 aliphatic rings. The van der Waals surface area contributed by atoms with Gasteiger partial charge >= 0.3 is 11.9 Å². The van der Waals surface area contributed by atoms with Crippen LogP contribution in [0.1, 0.15) is 18.0 Å². The lowest BCUT2D eigenvalue weighted by molar-refractivity contribution is -0.145. The molecule has 0 radical (unpaired) electrons. The fourth-order valence-corrected chi connectivity index (χ4v) is 2.67. The van der Waals surface area contributed by atoms with Crippen LogP contribution < -0.4 is 0 Å². The Hall–Kier alpha value is -1.92. The van der Waals surface area contributed by atoms with Crippen LogP contribution in [-0.4, -0.2) is 27.1 Å². The highest BCUT2D eigenvalue weighted by Crippen LogP contribution is 2.29. The van der Waals surface area contributed by atoms with Gasteiger partial charge in [0.1, 0.15) is 10.9 Å². The number of halogens is 1. The van der Waals surface area contributed by atoms with Crippen molar-refractivity contribution in [2.24, 2.45) is 0 Å². The van der Waals surface area contributed by atoms with E-state index in [0.29, 0.717) is 10.0 Å². The largest absolute Gasteiger partial charge is 0.481 e. The fourth-order valence-electron chi connectivity index (χ4n) is 1.66. The predicted octanol–water partition coefficient (Wildman–Crippen LogP) is 3.11. The van der Waals surface area contributed by atoms with Crippen LogP contribution in [0.3, 0.4) is 0 Å². The number of aliphatic carboxylic acids is 2. The van der Waals surface area contributed by atoms with Gasteiger partial charge < -0.3 is 10.2 Å². The number of hydrogen-bond donors (Lipinski definition) is 2. The molecule has 1 aromatic heterocycles. The third-order valence-corrected chi connectivity index (χ3v) is 3.81. The second-order valence-electron chi connectivity index (χ2n) is 4.07. The van der Waals surface area contributed by atoms with E-state index in [1.165, 1.54) is 11.3 Å². The first-order valence-electron chi connectivity index (χ1n) is 5.63. The van der Waals surface area contributed by atoms with Gasteiger partial charge in [0.25, 0.3) is 0 Å². The molecule has 5 nitrogen and oxygen atoms in total. The Bertz CT molecular complexity index is 638. The summed E-state index contributed by atoms with van der Waals surface area (Å²) >= 11 is 7.06. The van der Waals surface area contributed by atoms with Gasteiger partial charge in [0, 0.05) is 16.0 Å². The van der Waals surface area contributed by atoms with Gasteiger partial charge in [-0.05, 0) is 12.1 Å². The van der Waals surface area contributed by atoms with Crippen molar-refractivity contribution in [3.05, 3.63) is 40.4 Å². The molecule has 0 saturated carbocycles. The maximum atomic E-state index is 11.1. The summed E-state index contributed by atoms with van der Waals surface area (Å²) in [7, 11) is 0. The number of carboxylic acids is 2. The lowest BCUT2D eigenvalue weighted by atomic mass is 10.0. The number of nitrogens with zero attached hydrogens (tertiary/aromatic N) is 1. The molecule has 0 amide bonds. The summed E-state index contributed by atoms with van der Waals surface area (Å²) in [4.78, 5) is 26.0. The standard InChI is InChI=1S/C13H10ClNO4S/c14-8-3-1-7(2-4-8)12-15-10(6-20-12)9(13(18)19)5-11(16)17/h1-4,6,9H,5H2,(H,16,17)(H,18,19). The number of carboxylic acid groups (broad SMARTS) is 2. The zero-order valence-electron chi connectivity index (χ0n) is 10.1. The first kappa shape index (κ1) is 14.5. The van der Waals surface area contributed by atoms with E-state index in [9.17, 15) is 9.59 Å². The van der Waals surface area contributed by atoms with E-state index in [0.717, 1.165) is 5.56 Å². The molecule has 0 saturated heterocycles. The summed E-state index contributed by atoms with van der Waals surface area (Å²) in [6.45, 7) is 0. The lowest BCUT2D eigenvalue weighted by Crippen LogP contribution is -2.16. The minimum Gasteiger partial charge on any atom is -0.481 e. The molecule has 0 bridgehead atoms. The van der Waals surface area contributed by atoms with Gasteiger partial charge in [0.2, 0.25) is 0 Å². The quantitative estimate of drug-likeness (QED) is 0.886. The number of rotatable bonds is 5. The summed E-state index contributed by atoms with van der Waals surface area (Å²) in [5, 5.41) is 20.6. The average Bonchev–Trinajstić information content (AvgIpc) is 2.85. The Morgan fingerprint density at radius 2 is 1.90 bits per heavy atom. The number of hydrogen-bond acceptors (Lipinski definition) is 4. The lowest BCUT2D eigenvalue weighted by Gasteiger charge is -2.05. The summed E-state index contributed by atoms with van der Waals surface area (Å²) in [6, 6.07) is 6.98. The minimum atomic E-state index is -1.19. The van der Waals surface area contributed by atoms with Crippen molar-refractivity contribution in [3.63, 3.8) is 0 Å². The molecule has 7 heteroatoms. The van der Waals surface area contributed by atoms with Gasteiger partial charge in [0.15, 0.2) is 0 Å². The van der Waals surface area contributed by atoms with E-state index in [-0.39, 0.29) is 5.69 Å². The van der Waals surface area contributed by atoms with Gasteiger partial charge in [-0.2, -0.15) is 0 Å². The van der Waals surface area contributed by atoms with E-state index < -0.39 is 24.3 Å². The SMILES string of the molecule is O=C(O)CC(C(=O)O)c1csc(-c2ccc(Cl)cc2)n1. The zero-order chi connectivity index (χ0) is 14.7. The molecule has 1 unspecified atom stereocenters. The monoisotopic (exact) mass is 311 g/mol. The molecule has 0 spiro atoms. The highest BCUT2D eigenvalue weighted by atomic mass is 35.5. The number of benzene rings is 1. The van der Waals surface area contributed by atoms with Crippen molar-refractivity contribution in [1.82, 2.24) is 4.98 Å². The van der Waals surface area contributed by atoms with Gasteiger partial charge in [-0.3, -0.25) is 9.59 Å². The van der Waals surface area contributed by atoms with Crippen molar-refractivity contribution in [3.8, 4) is 10.6 Å². The van der Waals surface area contributed by atoms with Crippen LogP contribution in [0.5, 0.6) is 0 Å². The molecule has 2 N–H and O–H groups in total. The second-order valence-corrected chi connectivity index (χ2v) is 5.37. The van der Waals surface area contributed by atoms with Gasteiger partial charge in [-0.1, -0.05) is 23.7 Å². The molecular weight excluding hydrogens is 302 g/mol.